The van der Waals surface area contributed by atoms with E-state index in [9.17, 15) is 4.79 Å². The highest BCUT2D eigenvalue weighted by atomic mass is 16.2. The average Bonchev–Trinajstić information content (AvgIpc) is 2.86. The molecule has 0 spiro atoms. The Bertz CT molecular complexity index is 423. The zero-order chi connectivity index (χ0) is 12.1. The van der Waals surface area contributed by atoms with Crippen molar-refractivity contribution < 1.29 is 4.79 Å². The van der Waals surface area contributed by atoms with Gasteiger partial charge >= 0.3 is 0 Å². The van der Waals surface area contributed by atoms with Crippen molar-refractivity contribution in [1.82, 2.24) is 25.8 Å². The van der Waals surface area contributed by atoms with E-state index in [-0.39, 0.29) is 11.7 Å². The Kier molecular flexibility index (Phi) is 3.87. The van der Waals surface area contributed by atoms with E-state index >= 15 is 0 Å². The molecular formula is C11H17N5O. The van der Waals surface area contributed by atoms with Crippen LogP contribution in [0.5, 0.6) is 0 Å². The second-order valence-corrected chi connectivity index (χ2v) is 3.96. The summed E-state index contributed by atoms with van der Waals surface area (Å²) in [5, 5.41) is 12.7. The van der Waals surface area contributed by atoms with Gasteiger partial charge in [0.1, 0.15) is 5.82 Å². The van der Waals surface area contributed by atoms with Crippen LogP contribution in [0.15, 0.2) is 11.6 Å². The molecule has 0 aliphatic carbocycles. The summed E-state index contributed by atoms with van der Waals surface area (Å²) >= 11 is 0. The van der Waals surface area contributed by atoms with Crippen molar-refractivity contribution in [3.05, 3.63) is 23.3 Å². The standard InChI is InChI=1S/C11H17N5O/c1-2-9-14-10(16-15-9)11(17)13-7-8-3-5-12-6-4-8/h3,12H,2,4-7H2,1H3,(H,13,17)(H,14,15,16). The SMILES string of the molecule is CCc1nc(C(=O)NCC2=CCNCC2)n[nH]1. The maximum atomic E-state index is 11.7. The summed E-state index contributed by atoms with van der Waals surface area (Å²) in [5.74, 6) is 0.730. The molecule has 2 rings (SSSR count). The summed E-state index contributed by atoms with van der Waals surface area (Å²) in [6.45, 7) is 4.40. The molecule has 0 unspecified atom stereocenters. The van der Waals surface area contributed by atoms with Gasteiger partial charge in [0.25, 0.3) is 5.91 Å². The second-order valence-electron chi connectivity index (χ2n) is 3.96. The number of carbonyl (C=O) groups excluding carboxylic acids is 1. The van der Waals surface area contributed by atoms with Crippen LogP contribution in [0.1, 0.15) is 29.8 Å². The van der Waals surface area contributed by atoms with Gasteiger partial charge in [0, 0.05) is 19.5 Å². The van der Waals surface area contributed by atoms with Gasteiger partial charge in [0.15, 0.2) is 0 Å². The minimum absolute atomic E-state index is 0.219. The molecule has 2 heterocycles. The molecule has 1 aromatic heterocycles. The van der Waals surface area contributed by atoms with Crippen LogP contribution < -0.4 is 10.6 Å². The Hall–Kier alpha value is -1.69. The van der Waals surface area contributed by atoms with Gasteiger partial charge in [-0.05, 0) is 13.0 Å². The van der Waals surface area contributed by atoms with Gasteiger partial charge in [-0.15, -0.1) is 5.10 Å². The van der Waals surface area contributed by atoms with Gasteiger partial charge in [-0.3, -0.25) is 9.89 Å². The predicted octanol–water partition coefficient (Wildman–Crippen LogP) is 0.0166. The molecule has 0 atom stereocenters. The van der Waals surface area contributed by atoms with Crippen molar-refractivity contribution in [2.75, 3.05) is 19.6 Å². The van der Waals surface area contributed by atoms with Crippen molar-refractivity contribution in [1.29, 1.82) is 0 Å². The molecule has 1 aromatic rings. The van der Waals surface area contributed by atoms with Gasteiger partial charge in [0.05, 0.1) is 0 Å². The first-order valence-electron chi connectivity index (χ1n) is 5.87. The van der Waals surface area contributed by atoms with Crippen LogP contribution in [-0.4, -0.2) is 40.7 Å². The summed E-state index contributed by atoms with van der Waals surface area (Å²) in [6.07, 6.45) is 3.84. The largest absolute Gasteiger partial charge is 0.346 e. The van der Waals surface area contributed by atoms with E-state index in [1.165, 1.54) is 5.57 Å². The molecule has 92 valence electrons. The number of carbonyl (C=O) groups is 1. The number of H-pyrrole nitrogens is 1. The first-order chi connectivity index (χ1) is 8.29. The maximum Gasteiger partial charge on any atom is 0.291 e. The van der Waals surface area contributed by atoms with Gasteiger partial charge in [-0.1, -0.05) is 18.6 Å². The maximum absolute atomic E-state index is 11.7. The summed E-state index contributed by atoms with van der Waals surface area (Å²) < 4.78 is 0. The van der Waals surface area contributed by atoms with E-state index in [4.69, 9.17) is 0 Å². The Morgan fingerprint density at radius 2 is 2.47 bits per heavy atom. The Balaban J connectivity index is 1.86. The third-order valence-corrected chi connectivity index (χ3v) is 2.70. The van der Waals surface area contributed by atoms with Crippen LogP contribution in [-0.2, 0) is 6.42 Å². The number of hydrogen-bond acceptors (Lipinski definition) is 4. The summed E-state index contributed by atoms with van der Waals surface area (Å²) in [5.41, 5.74) is 1.25. The number of nitrogens with one attached hydrogen (secondary N) is 3. The van der Waals surface area contributed by atoms with E-state index in [0.29, 0.717) is 6.54 Å². The monoisotopic (exact) mass is 235 g/mol. The quantitative estimate of drug-likeness (QED) is 0.642. The average molecular weight is 235 g/mol. The molecule has 0 radical (unpaired) electrons. The van der Waals surface area contributed by atoms with E-state index in [1.54, 1.807) is 0 Å². The number of rotatable bonds is 4. The van der Waals surface area contributed by atoms with Crippen molar-refractivity contribution in [3.8, 4) is 0 Å². The normalized spacial score (nSPS) is 15.5. The van der Waals surface area contributed by atoms with Crippen molar-refractivity contribution in [3.63, 3.8) is 0 Å². The zero-order valence-electron chi connectivity index (χ0n) is 9.92. The van der Waals surface area contributed by atoms with Crippen LogP contribution in [0.4, 0.5) is 0 Å². The predicted molar refractivity (Wildman–Crippen MR) is 63.7 cm³/mol. The lowest BCUT2D eigenvalue weighted by atomic mass is 10.1. The van der Waals surface area contributed by atoms with Gasteiger partial charge in [-0.25, -0.2) is 4.98 Å². The highest BCUT2D eigenvalue weighted by Gasteiger charge is 2.12. The van der Waals surface area contributed by atoms with Crippen LogP contribution in [0.25, 0.3) is 0 Å². The topological polar surface area (TPSA) is 82.7 Å². The zero-order valence-corrected chi connectivity index (χ0v) is 9.92. The van der Waals surface area contributed by atoms with Crippen LogP contribution in [0.2, 0.25) is 0 Å². The molecule has 0 bridgehead atoms. The smallest absolute Gasteiger partial charge is 0.291 e. The minimum atomic E-state index is -0.222. The first kappa shape index (κ1) is 11.8. The summed E-state index contributed by atoms with van der Waals surface area (Å²) in [7, 11) is 0. The number of amides is 1. The molecule has 1 aliphatic heterocycles. The fourth-order valence-electron chi connectivity index (χ4n) is 1.66. The number of aryl methyl sites for hydroxylation is 1. The molecule has 0 saturated heterocycles. The second kappa shape index (κ2) is 5.58. The van der Waals surface area contributed by atoms with E-state index < -0.39 is 0 Å². The summed E-state index contributed by atoms with van der Waals surface area (Å²) in [6, 6.07) is 0. The van der Waals surface area contributed by atoms with Crippen molar-refractivity contribution >= 4 is 5.91 Å². The summed E-state index contributed by atoms with van der Waals surface area (Å²) in [4.78, 5) is 15.8. The fourth-order valence-corrected chi connectivity index (χ4v) is 1.66. The lowest BCUT2D eigenvalue weighted by Crippen LogP contribution is -2.30. The van der Waals surface area contributed by atoms with Gasteiger partial charge in [0.2, 0.25) is 5.82 Å². The lowest BCUT2D eigenvalue weighted by Gasteiger charge is -2.13. The van der Waals surface area contributed by atoms with E-state index in [1.807, 2.05) is 6.92 Å². The Labute approximate surface area is 99.9 Å². The number of aromatic amines is 1. The number of hydrogen-bond donors (Lipinski definition) is 3. The first-order valence-corrected chi connectivity index (χ1v) is 5.87. The molecule has 1 aliphatic rings. The minimum Gasteiger partial charge on any atom is -0.346 e. The van der Waals surface area contributed by atoms with Crippen LogP contribution in [0.3, 0.4) is 0 Å². The lowest BCUT2D eigenvalue weighted by molar-refractivity contribution is 0.0946. The molecule has 0 fully saturated rings. The molecule has 1 amide bonds. The highest BCUT2D eigenvalue weighted by Crippen LogP contribution is 2.02. The molecule has 6 heteroatoms. The van der Waals surface area contributed by atoms with Gasteiger partial charge in [-0.2, -0.15) is 0 Å². The van der Waals surface area contributed by atoms with E-state index in [2.05, 4.69) is 31.9 Å². The molecular weight excluding hydrogens is 218 g/mol. The third kappa shape index (κ3) is 3.13. The molecule has 0 saturated carbocycles. The van der Waals surface area contributed by atoms with Crippen LogP contribution in [0, 0.1) is 0 Å². The highest BCUT2D eigenvalue weighted by molar-refractivity contribution is 5.90. The molecule has 0 aromatic carbocycles. The fraction of sp³-hybridized carbons (Fsp3) is 0.545. The van der Waals surface area contributed by atoms with Gasteiger partial charge < -0.3 is 10.6 Å². The van der Waals surface area contributed by atoms with E-state index in [0.717, 1.165) is 31.8 Å². The van der Waals surface area contributed by atoms with Crippen LogP contribution >= 0.6 is 0 Å². The van der Waals surface area contributed by atoms with Crippen molar-refractivity contribution in [2.24, 2.45) is 0 Å². The Morgan fingerprint density at radius 1 is 1.59 bits per heavy atom. The molecule has 6 nitrogen and oxygen atoms in total. The van der Waals surface area contributed by atoms with Crippen molar-refractivity contribution in [2.45, 2.75) is 19.8 Å². The number of nitrogens with zero attached hydrogens (tertiary/aromatic N) is 2. The Morgan fingerprint density at radius 3 is 3.12 bits per heavy atom. The molecule has 3 N–H and O–H groups in total. The third-order valence-electron chi connectivity index (χ3n) is 2.70. The molecule has 17 heavy (non-hydrogen) atoms. The number of aromatic nitrogens is 3.